The molecule has 10 heteroatoms. The smallest absolute Gasteiger partial charge is 0.849 e. The van der Waals surface area contributed by atoms with Crippen molar-refractivity contribution in [1.29, 1.82) is 0 Å². The maximum Gasteiger partial charge on any atom is 2.00 e. The Balaban J connectivity index is 0.000000217. The molecule has 4 aromatic carbocycles. The average Bonchev–Trinajstić information content (AvgIpc) is 4.06. The normalized spacial score (nSPS) is 19.8. The van der Waals surface area contributed by atoms with Gasteiger partial charge in [0, 0.05) is 26.4 Å². The fourth-order valence-electron chi connectivity index (χ4n) is 6.02. The van der Waals surface area contributed by atoms with E-state index in [1.54, 1.807) is 0 Å². The molecule has 3 atom stereocenters. The first-order valence-electron chi connectivity index (χ1n) is 18.4. The summed E-state index contributed by atoms with van der Waals surface area (Å²) >= 11 is 0. The van der Waals surface area contributed by atoms with Gasteiger partial charge in [-0.25, -0.2) is 14.4 Å². The standard InChI is InChI=1S/C28H22N3O2.C8H8FO.2C4H8O.Mg/c1-3-9-19(10-4-1)25-17-32-27(30-25)15-23-21-13-7-8-14-22(21)24(29-23)16-28-31-26(18-33-28)20-11-5-2-6-12-20;1-6(10)7-2-4-8(9)5-3-7;2*1-2-4-5-3-1;/h1-16,25-26H,17-18H2;2-6H,1H3;2*1-4H2;/q2*-1;;;+2/b23-15-,24-16-;;;;/t25-,26-;6-;;;/m10.../s1. The van der Waals surface area contributed by atoms with Gasteiger partial charge in [0.05, 0.1) is 0 Å². The molecule has 4 aliphatic heterocycles. The Morgan fingerprint density at radius 3 is 1.41 bits per heavy atom. The van der Waals surface area contributed by atoms with E-state index in [0.29, 0.717) is 30.6 Å². The van der Waals surface area contributed by atoms with Crippen LogP contribution in [0.1, 0.15) is 67.5 Å². The summed E-state index contributed by atoms with van der Waals surface area (Å²) in [6, 6.07) is 34.2. The zero-order chi connectivity index (χ0) is 36.7. The van der Waals surface area contributed by atoms with Gasteiger partial charge in [0.2, 0.25) is 11.8 Å². The van der Waals surface area contributed by atoms with Crippen molar-refractivity contribution in [3.8, 4) is 0 Å². The summed E-state index contributed by atoms with van der Waals surface area (Å²) in [5.74, 6) is 0.916. The molecule has 2 fully saturated rings. The minimum absolute atomic E-state index is 0. The molecule has 9 rings (SSSR count). The van der Waals surface area contributed by atoms with Crippen molar-refractivity contribution in [3.05, 3.63) is 142 Å². The van der Waals surface area contributed by atoms with Gasteiger partial charge in [0.25, 0.3) is 0 Å². The molecule has 0 amide bonds. The summed E-state index contributed by atoms with van der Waals surface area (Å²) in [5, 5.41) is 14.5. The molecule has 0 spiro atoms. The molecule has 2 saturated heterocycles. The van der Waals surface area contributed by atoms with Crippen LogP contribution in [0, 0.1) is 5.82 Å². The first kappa shape index (κ1) is 40.9. The molecule has 8 nitrogen and oxygen atoms in total. The van der Waals surface area contributed by atoms with Gasteiger partial charge in [-0.3, -0.25) is 0 Å². The van der Waals surface area contributed by atoms with Gasteiger partial charge in [-0.1, -0.05) is 110 Å². The average molecular weight is 740 g/mol. The first-order valence-corrected chi connectivity index (χ1v) is 18.4. The Labute approximate surface area is 332 Å². The van der Waals surface area contributed by atoms with Gasteiger partial charge >= 0.3 is 23.1 Å². The SMILES string of the molecule is C(/C1=N[C@@H](c2ccccc2)CO1)=c1/[n-]/c(=C\C2=N[C@@H](c3ccccc3)CO2)c2ccccc12.C1CCOC1.C1CCOC1.C[C@H]([O-])c1ccc(F)cc1.[Mg+2]. The minimum atomic E-state index is -0.763. The van der Waals surface area contributed by atoms with E-state index >= 15 is 0 Å². The molecular formula is C44H46FMgN3O5. The molecule has 276 valence electrons. The molecule has 0 bridgehead atoms. The monoisotopic (exact) mass is 739 g/mol. The summed E-state index contributed by atoms with van der Waals surface area (Å²) in [7, 11) is 0. The van der Waals surface area contributed by atoms with Crippen LogP contribution in [0.4, 0.5) is 4.39 Å². The van der Waals surface area contributed by atoms with E-state index in [2.05, 4.69) is 36.4 Å². The Kier molecular flexibility index (Phi) is 16.3. The van der Waals surface area contributed by atoms with E-state index in [4.69, 9.17) is 33.9 Å². The van der Waals surface area contributed by atoms with Crippen molar-refractivity contribution in [2.45, 2.75) is 50.8 Å². The third kappa shape index (κ3) is 12.1. The van der Waals surface area contributed by atoms with Crippen LogP contribution in [-0.4, -0.2) is 74.5 Å². The zero-order valence-corrected chi connectivity index (χ0v) is 32.2. The molecule has 0 saturated carbocycles. The molecule has 0 N–H and O–H groups in total. The van der Waals surface area contributed by atoms with Crippen molar-refractivity contribution in [3.63, 3.8) is 0 Å². The van der Waals surface area contributed by atoms with Gasteiger partial charge < -0.3 is 29.0 Å². The third-order valence-electron chi connectivity index (χ3n) is 8.95. The predicted octanol–water partition coefficient (Wildman–Crippen LogP) is 6.16. The number of rotatable bonds is 5. The fraction of sp³-hybridized carbons (Fsp3) is 0.318. The fourth-order valence-corrected chi connectivity index (χ4v) is 6.02. The van der Waals surface area contributed by atoms with E-state index in [0.717, 1.165) is 59.0 Å². The van der Waals surface area contributed by atoms with Crippen LogP contribution in [0.5, 0.6) is 0 Å². The first-order chi connectivity index (χ1) is 26.0. The molecule has 5 aromatic rings. The number of ether oxygens (including phenoxy) is 4. The molecule has 0 aliphatic carbocycles. The van der Waals surface area contributed by atoms with Crippen LogP contribution in [0.3, 0.4) is 0 Å². The number of hydrogen-bond donors (Lipinski definition) is 0. The number of aliphatic imine (C=N–C) groups is 2. The van der Waals surface area contributed by atoms with Crippen molar-refractivity contribution >= 4 is 57.8 Å². The minimum Gasteiger partial charge on any atom is -0.849 e. The summed E-state index contributed by atoms with van der Waals surface area (Å²) in [4.78, 5) is 14.4. The second-order valence-corrected chi connectivity index (χ2v) is 13.0. The molecule has 1 aromatic heterocycles. The number of halogens is 1. The van der Waals surface area contributed by atoms with E-state index in [-0.39, 0.29) is 41.0 Å². The van der Waals surface area contributed by atoms with E-state index in [1.807, 2.05) is 60.7 Å². The number of fused-ring (bicyclic) bond motifs is 1. The van der Waals surface area contributed by atoms with Crippen LogP contribution in [-0.2, 0) is 18.9 Å². The third-order valence-corrected chi connectivity index (χ3v) is 8.95. The second-order valence-electron chi connectivity index (χ2n) is 13.0. The summed E-state index contributed by atoms with van der Waals surface area (Å²) in [6.07, 6.45) is 8.19. The van der Waals surface area contributed by atoms with Crippen molar-refractivity contribution < 1.29 is 28.4 Å². The van der Waals surface area contributed by atoms with E-state index in [1.165, 1.54) is 56.9 Å². The maximum atomic E-state index is 12.2. The molecule has 54 heavy (non-hydrogen) atoms. The Hall–Kier alpha value is -4.32. The quantitative estimate of drug-likeness (QED) is 0.201. The van der Waals surface area contributed by atoms with Crippen LogP contribution in [0.25, 0.3) is 22.9 Å². The number of nitrogens with zero attached hydrogens (tertiary/aromatic N) is 3. The number of benzene rings is 4. The van der Waals surface area contributed by atoms with E-state index < -0.39 is 6.10 Å². The Bertz CT molecular complexity index is 1910. The van der Waals surface area contributed by atoms with Crippen LogP contribution >= 0.6 is 0 Å². The predicted molar refractivity (Wildman–Crippen MR) is 211 cm³/mol. The van der Waals surface area contributed by atoms with Gasteiger partial charge in [-0.05, 0) is 71.9 Å². The molecule has 5 heterocycles. The van der Waals surface area contributed by atoms with Gasteiger partial charge in [0.1, 0.15) is 31.1 Å². The van der Waals surface area contributed by atoms with Crippen LogP contribution in [0.15, 0.2) is 119 Å². The van der Waals surface area contributed by atoms with Gasteiger partial charge in [-0.2, -0.15) is 0 Å². The molecular weight excluding hydrogens is 694 g/mol. The molecule has 0 radical (unpaired) electrons. The van der Waals surface area contributed by atoms with Crippen LogP contribution < -0.4 is 20.8 Å². The number of aromatic nitrogens is 1. The number of hydrogen-bond acceptors (Lipinski definition) is 7. The van der Waals surface area contributed by atoms with Crippen molar-refractivity contribution in [2.75, 3.05) is 39.6 Å². The molecule has 4 aliphatic rings. The van der Waals surface area contributed by atoms with Crippen molar-refractivity contribution in [2.24, 2.45) is 9.98 Å². The maximum absolute atomic E-state index is 12.2. The summed E-state index contributed by atoms with van der Waals surface area (Å²) < 4.78 is 33.9. The summed E-state index contributed by atoms with van der Waals surface area (Å²) in [6.45, 7) is 6.62. The Morgan fingerprint density at radius 1 is 0.630 bits per heavy atom. The topological polar surface area (TPSA) is 98.8 Å². The van der Waals surface area contributed by atoms with Gasteiger partial charge in [0.15, 0.2) is 0 Å². The van der Waals surface area contributed by atoms with E-state index in [9.17, 15) is 9.50 Å². The van der Waals surface area contributed by atoms with Crippen LogP contribution in [0.2, 0.25) is 0 Å². The second kappa shape index (κ2) is 21.5. The van der Waals surface area contributed by atoms with Crippen molar-refractivity contribution in [1.82, 2.24) is 4.98 Å². The zero-order valence-electron chi connectivity index (χ0n) is 30.8. The summed E-state index contributed by atoms with van der Waals surface area (Å²) in [5.41, 5.74) is 2.93. The largest absolute Gasteiger partial charge is 2.00 e. The van der Waals surface area contributed by atoms with Gasteiger partial charge in [-0.15, -0.1) is 16.8 Å². The molecule has 0 unspecified atom stereocenters. The Morgan fingerprint density at radius 2 is 1.04 bits per heavy atom.